The number of pyridine rings is 1. The fourth-order valence-electron chi connectivity index (χ4n) is 1.79. The molecule has 0 aromatic carbocycles. The van der Waals surface area contributed by atoms with Crippen LogP contribution in [0.2, 0.25) is 0 Å². The number of carbonyl (C=O) groups excluding carboxylic acids is 1. The van der Waals surface area contributed by atoms with E-state index in [0.717, 1.165) is 18.4 Å². The standard InChI is InChI=1S/C11H13NO2/c1-8(13)11(4-5-11)9-3-6-12-10(7-9)14-2/h3,6-7H,4-5H2,1-2H3. The monoisotopic (exact) mass is 191 g/mol. The highest BCUT2D eigenvalue weighted by atomic mass is 16.5. The molecule has 1 heterocycles. The van der Waals surface area contributed by atoms with Crippen molar-refractivity contribution in [1.29, 1.82) is 0 Å². The average molecular weight is 191 g/mol. The maximum Gasteiger partial charge on any atom is 0.213 e. The Bertz CT molecular complexity index is 369. The first-order chi connectivity index (χ1) is 6.69. The Morgan fingerprint density at radius 3 is 2.79 bits per heavy atom. The minimum Gasteiger partial charge on any atom is -0.481 e. The summed E-state index contributed by atoms with van der Waals surface area (Å²) in [6.45, 7) is 1.65. The van der Waals surface area contributed by atoms with E-state index in [1.807, 2.05) is 12.1 Å². The maximum absolute atomic E-state index is 11.5. The first-order valence-corrected chi connectivity index (χ1v) is 4.70. The summed E-state index contributed by atoms with van der Waals surface area (Å²) in [6, 6.07) is 3.76. The number of hydrogen-bond donors (Lipinski definition) is 0. The summed E-state index contributed by atoms with van der Waals surface area (Å²) in [5, 5.41) is 0. The Kier molecular flexibility index (Phi) is 2.02. The Hall–Kier alpha value is -1.38. The lowest BCUT2D eigenvalue weighted by atomic mass is 9.93. The van der Waals surface area contributed by atoms with E-state index < -0.39 is 0 Å². The molecule has 2 rings (SSSR count). The lowest BCUT2D eigenvalue weighted by Gasteiger charge is -2.11. The van der Waals surface area contributed by atoms with Gasteiger partial charge in [-0.25, -0.2) is 4.98 Å². The van der Waals surface area contributed by atoms with Gasteiger partial charge >= 0.3 is 0 Å². The number of rotatable bonds is 3. The molecule has 3 nitrogen and oxygen atoms in total. The zero-order valence-corrected chi connectivity index (χ0v) is 8.41. The average Bonchev–Trinajstić information content (AvgIpc) is 2.98. The highest BCUT2D eigenvalue weighted by Crippen LogP contribution is 2.49. The van der Waals surface area contributed by atoms with Crippen LogP contribution in [-0.2, 0) is 10.2 Å². The summed E-state index contributed by atoms with van der Waals surface area (Å²) in [5.74, 6) is 0.820. The molecule has 1 aliphatic carbocycles. The molecule has 0 spiro atoms. The molecule has 0 saturated heterocycles. The molecule has 1 aromatic heterocycles. The van der Waals surface area contributed by atoms with Crippen LogP contribution < -0.4 is 4.74 Å². The molecular weight excluding hydrogens is 178 g/mol. The van der Waals surface area contributed by atoms with Crippen molar-refractivity contribution in [2.24, 2.45) is 0 Å². The number of nitrogens with zero attached hydrogens (tertiary/aromatic N) is 1. The Labute approximate surface area is 83.1 Å². The summed E-state index contributed by atoms with van der Waals surface area (Å²) in [7, 11) is 1.58. The Morgan fingerprint density at radius 2 is 2.29 bits per heavy atom. The summed E-state index contributed by atoms with van der Waals surface area (Å²) in [4.78, 5) is 15.5. The second-order valence-corrected chi connectivity index (χ2v) is 3.73. The van der Waals surface area contributed by atoms with Gasteiger partial charge in [0.2, 0.25) is 5.88 Å². The van der Waals surface area contributed by atoms with Crippen LogP contribution in [0.5, 0.6) is 5.88 Å². The second-order valence-electron chi connectivity index (χ2n) is 3.73. The summed E-state index contributed by atoms with van der Waals surface area (Å²) in [6.07, 6.45) is 3.60. The Morgan fingerprint density at radius 1 is 1.57 bits per heavy atom. The summed E-state index contributed by atoms with van der Waals surface area (Å²) >= 11 is 0. The van der Waals surface area contributed by atoms with Crippen molar-refractivity contribution in [3.05, 3.63) is 23.9 Å². The molecule has 74 valence electrons. The third-order valence-electron chi connectivity index (χ3n) is 2.92. The topological polar surface area (TPSA) is 39.2 Å². The van der Waals surface area contributed by atoms with Gasteiger partial charge in [-0.3, -0.25) is 4.79 Å². The third kappa shape index (κ3) is 1.29. The summed E-state index contributed by atoms with van der Waals surface area (Å²) in [5.41, 5.74) is 0.813. The smallest absolute Gasteiger partial charge is 0.213 e. The number of ketones is 1. The van der Waals surface area contributed by atoms with E-state index in [2.05, 4.69) is 4.98 Å². The summed E-state index contributed by atoms with van der Waals surface area (Å²) < 4.78 is 5.04. The van der Waals surface area contributed by atoms with Crippen LogP contribution in [0.25, 0.3) is 0 Å². The van der Waals surface area contributed by atoms with Gasteiger partial charge < -0.3 is 4.74 Å². The van der Waals surface area contributed by atoms with Gasteiger partial charge in [-0.2, -0.15) is 0 Å². The quantitative estimate of drug-likeness (QED) is 0.730. The van der Waals surface area contributed by atoms with Gasteiger partial charge in [0, 0.05) is 12.3 Å². The number of ether oxygens (including phenoxy) is 1. The molecule has 0 bridgehead atoms. The fourth-order valence-corrected chi connectivity index (χ4v) is 1.79. The van der Waals surface area contributed by atoms with E-state index in [1.54, 1.807) is 20.2 Å². The molecule has 0 N–H and O–H groups in total. The largest absolute Gasteiger partial charge is 0.481 e. The molecule has 1 fully saturated rings. The molecule has 1 saturated carbocycles. The number of hydrogen-bond acceptors (Lipinski definition) is 3. The van der Waals surface area contributed by atoms with Crippen molar-refractivity contribution < 1.29 is 9.53 Å². The van der Waals surface area contributed by atoms with Crippen LogP contribution in [0, 0.1) is 0 Å². The number of Topliss-reactive ketones (excluding diaryl/α,β-unsaturated/α-hetero) is 1. The Balaban J connectivity index is 2.37. The van der Waals surface area contributed by atoms with Crippen LogP contribution in [0.1, 0.15) is 25.3 Å². The van der Waals surface area contributed by atoms with Crippen molar-refractivity contribution in [1.82, 2.24) is 4.98 Å². The van der Waals surface area contributed by atoms with Crippen LogP contribution in [0.4, 0.5) is 0 Å². The predicted octanol–water partition coefficient (Wildman–Crippen LogP) is 1.71. The van der Waals surface area contributed by atoms with Gasteiger partial charge in [-0.15, -0.1) is 0 Å². The van der Waals surface area contributed by atoms with E-state index in [0.29, 0.717) is 5.88 Å². The van der Waals surface area contributed by atoms with E-state index in [4.69, 9.17) is 4.74 Å². The molecule has 1 aromatic rings. The van der Waals surface area contributed by atoms with E-state index in [-0.39, 0.29) is 11.2 Å². The number of methoxy groups -OCH3 is 1. The lowest BCUT2D eigenvalue weighted by Crippen LogP contribution is -2.16. The van der Waals surface area contributed by atoms with E-state index in [1.165, 1.54) is 0 Å². The van der Waals surface area contributed by atoms with Crippen molar-refractivity contribution >= 4 is 5.78 Å². The zero-order valence-electron chi connectivity index (χ0n) is 8.41. The van der Waals surface area contributed by atoms with Crippen molar-refractivity contribution in [2.75, 3.05) is 7.11 Å². The van der Waals surface area contributed by atoms with Crippen LogP contribution in [0.15, 0.2) is 18.3 Å². The minimum atomic E-state index is -0.226. The predicted molar refractivity (Wildman–Crippen MR) is 52.4 cm³/mol. The van der Waals surface area contributed by atoms with Crippen LogP contribution in [0.3, 0.4) is 0 Å². The molecule has 0 amide bonds. The zero-order chi connectivity index (χ0) is 10.2. The molecule has 3 heteroatoms. The molecular formula is C11H13NO2. The van der Waals surface area contributed by atoms with Gasteiger partial charge in [-0.1, -0.05) is 0 Å². The highest BCUT2D eigenvalue weighted by molar-refractivity contribution is 5.91. The number of carbonyl (C=O) groups is 1. The minimum absolute atomic E-state index is 0.226. The van der Waals surface area contributed by atoms with Gasteiger partial charge in [0.05, 0.1) is 12.5 Å². The molecule has 0 unspecified atom stereocenters. The molecule has 0 aliphatic heterocycles. The number of aromatic nitrogens is 1. The molecule has 0 radical (unpaired) electrons. The second kappa shape index (κ2) is 3.08. The molecule has 14 heavy (non-hydrogen) atoms. The third-order valence-corrected chi connectivity index (χ3v) is 2.92. The molecule has 0 atom stereocenters. The van der Waals surface area contributed by atoms with Gasteiger partial charge in [0.25, 0.3) is 0 Å². The van der Waals surface area contributed by atoms with Crippen molar-refractivity contribution in [2.45, 2.75) is 25.2 Å². The van der Waals surface area contributed by atoms with E-state index >= 15 is 0 Å². The first kappa shape index (κ1) is 9.19. The first-order valence-electron chi connectivity index (χ1n) is 4.70. The molecule has 1 aliphatic rings. The normalized spacial score (nSPS) is 17.6. The van der Waals surface area contributed by atoms with E-state index in [9.17, 15) is 4.79 Å². The van der Waals surface area contributed by atoms with Crippen molar-refractivity contribution in [3.63, 3.8) is 0 Å². The SMILES string of the molecule is COc1cc(C2(C(C)=O)CC2)ccn1. The van der Waals surface area contributed by atoms with Crippen LogP contribution >= 0.6 is 0 Å². The van der Waals surface area contributed by atoms with Gasteiger partial charge in [0.15, 0.2) is 0 Å². The van der Waals surface area contributed by atoms with Gasteiger partial charge in [0.1, 0.15) is 5.78 Å². The van der Waals surface area contributed by atoms with Crippen LogP contribution in [-0.4, -0.2) is 17.9 Å². The highest BCUT2D eigenvalue weighted by Gasteiger charge is 2.48. The maximum atomic E-state index is 11.5. The van der Waals surface area contributed by atoms with Gasteiger partial charge in [-0.05, 0) is 31.4 Å². The fraction of sp³-hybridized carbons (Fsp3) is 0.455. The lowest BCUT2D eigenvalue weighted by molar-refractivity contribution is -0.119. The van der Waals surface area contributed by atoms with Crippen molar-refractivity contribution in [3.8, 4) is 5.88 Å².